The van der Waals surface area contributed by atoms with Crippen LogP contribution in [-0.4, -0.2) is 30.4 Å². The molecule has 1 aromatic rings. The van der Waals surface area contributed by atoms with E-state index >= 15 is 0 Å². The largest absolute Gasteiger partial charge is 0.376 e. The van der Waals surface area contributed by atoms with Crippen molar-refractivity contribution in [2.45, 2.75) is 65.5 Å². The van der Waals surface area contributed by atoms with Crippen molar-refractivity contribution in [2.24, 2.45) is 5.92 Å². The zero-order valence-corrected chi connectivity index (χ0v) is 14.6. The van der Waals surface area contributed by atoms with Crippen LogP contribution in [0.4, 0.5) is 4.79 Å². The summed E-state index contributed by atoms with van der Waals surface area (Å²) in [7, 11) is 0. The molecule has 130 valence electrons. The van der Waals surface area contributed by atoms with E-state index in [0.29, 0.717) is 25.2 Å². The summed E-state index contributed by atoms with van der Waals surface area (Å²) in [6, 6.07) is -0.335. The van der Waals surface area contributed by atoms with Gasteiger partial charge in [-0.05, 0) is 39.5 Å². The molecule has 3 atom stereocenters. The summed E-state index contributed by atoms with van der Waals surface area (Å²) < 4.78 is 11.0. The van der Waals surface area contributed by atoms with Gasteiger partial charge in [-0.3, -0.25) is 0 Å². The summed E-state index contributed by atoms with van der Waals surface area (Å²) in [4.78, 5) is 12.0. The van der Waals surface area contributed by atoms with Gasteiger partial charge in [0, 0.05) is 12.1 Å². The quantitative estimate of drug-likeness (QED) is 0.788. The number of carbonyl (C=O) groups is 1. The smallest absolute Gasteiger partial charge is 0.315 e. The molecule has 3 unspecified atom stereocenters. The van der Waals surface area contributed by atoms with Gasteiger partial charge in [-0.1, -0.05) is 24.9 Å². The van der Waals surface area contributed by atoms with Crippen molar-refractivity contribution in [1.82, 2.24) is 15.8 Å². The molecule has 1 aromatic heterocycles. The molecule has 1 heterocycles. The van der Waals surface area contributed by atoms with Crippen LogP contribution in [0.2, 0.25) is 0 Å². The SMILES string of the molecule is Cc1noc(C)c1C(C)NC(=O)NCCOC1CCCCC1C. The lowest BCUT2D eigenvalue weighted by atomic mass is 9.88. The van der Waals surface area contributed by atoms with Crippen LogP contribution >= 0.6 is 0 Å². The molecule has 0 spiro atoms. The molecule has 0 saturated heterocycles. The van der Waals surface area contributed by atoms with Gasteiger partial charge in [-0.2, -0.15) is 0 Å². The topological polar surface area (TPSA) is 76.4 Å². The highest BCUT2D eigenvalue weighted by molar-refractivity contribution is 5.74. The number of carbonyl (C=O) groups excluding carboxylic acids is 1. The van der Waals surface area contributed by atoms with Crippen molar-refractivity contribution in [2.75, 3.05) is 13.2 Å². The maximum absolute atomic E-state index is 12.0. The highest BCUT2D eigenvalue weighted by atomic mass is 16.5. The summed E-state index contributed by atoms with van der Waals surface area (Å²) in [6.07, 6.45) is 5.28. The van der Waals surface area contributed by atoms with Gasteiger partial charge < -0.3 is 19.9 Å². The molecule has 6 heteroatoms. The van der Waals surface area contributed by atoms with Gasteiger partial charge in [0.05, 0.1) is 24.4 Å². The van der Waals surface area contributed by atoms with Gasteiger partial charge in [0.1, 0.15) is 5.76 Å². The lowest BCUT2D eigenvalue weighted by molar-refractivity contribution is -0.00244. The number of urea groups is 1. The van der Waals surface area contributed by atoms with E-state index in [9.17, 15) is 4.79 Å². The summed E-state index contributed by atoms with van der Waals surface area (Å²) in [6.45, 7) is 8.97. The van der Waals surface area contributed by atoms with Crippen molar-refractivity contribution in [3.8, 4) is 0 Å². The van der Waals surface area contributed by atoms with Crippen molar-refractivity contribution in [3.63, 3.8) is 0 Å². The van der Waals surface area contributed by atoms with Crippen molar-refractivity contribution in [3.05, 3.63) is 17.0 Å². The summed E-state index contributed by atoms with van der Waals surface area (Å²) in [5.41, 5.74) is 1.75. The average molecular weight is 323 g/mol. The van der Waals surface area contributed by atoms with E-state index in [1.54, 1.807) is 0 Å². The molecule has 0 aliphatic heterocycles. The fourth-order valence-electron chi connectivity index (χ4n) is 3.33. The number of ether oxygens (including phenoxy) is 1. The summed E-state index contributed by atoms with van der Waals surface area (Å²) in [5, 5.41) is 9.66. The number of nitrogens with zero attached hydrogens (tertiary/aromatic N) is 1. The van der Waals surface area contributed by atoms with E-state index in [0.717, 1.165) is 23.4 Å². The first-order valence-corrected chi connectivity index (χ1v) is 8.57. The highest BCUT2D eigenvalue weighted by Crippen LogP contribution is 2.26. The van der Waals surface area contributed by atoms with Crippen LogP contribution < -0.4 is 10.6 Å². The molecule has 0 bridgehead atoms. The fraction of sp³-hybridized carbons (Fsp3) is 0.765. The Morgan fingerprint density at radius 2 is 2.13 bits per heavy atom. The Bertz CT molecular complexity index is 496. The van der Waals surface area contributed by atoms with E-state index < -0.39 is 0 Å². The maximum atomic E-state index is 12.0. The summed E-state index contributed by atoms with van der Waals surface area (Å²) >= 11 is 0. The van der Waals surface area contributed by atoms with Gasteiger partial charge >= 0.3 is 6.03 Å². The number of amides is 2. The van der Waals surface area contributed by atoms with E-state index in [1.807, 2.05) is 20.8 Å². The molecule has 1 fully saturated rings. The van der Waals surface area contributed by atoms with E-state index in [-0.39, 0.29) is 12.1 Å². The van der Waals surface area contributed by atoms with Gasteiger partial charge in [0.25, 0.3) is 0 Å². The molecule has 1 saturated carbocycles. The molecule has 6 nitrogen and oxygen atoms in total. The Balaban J connectivity index is 1.67. The molecule has 2 rings (SSSR count). The molecule has 2 N–H and O–H groups in total. The van der Waals surface area contributed by atoms with Crippen LogP contribution in [0, 0.1) is 19.8 Å². The zero-order chi connectivity index (χ0) is 16.8. The molecule has 2 amide bonds. The lowest BCUT2D eigenvalue weighted by Gasteiger charge is -2.28. The molecule has 1 aliphatic rings. The van der Waals surface area contributed by atoms with Crippen LogP contribution in [-0.2, 0) is 4.74 Å². The minimum absolute atomic E-state index is 0.138. The van der Waals surface area contributed by atoms with Crippen molar-refractivity contribution >= 4 is 6.03 Å². The van der Waals surface area contributed by atoms with E-state index in [1.165, 1.54) is 19.3 Å². The third kappa shape index (κ3) is 4.96. The van der Waals surface area contributed by atoms with Gasteiger partial charge in [0.2, 0.25) is 0 Å². The third-order valence-corrected chi connectivity index (χ3v) is 4.62. The summed E-state index contributed by atoms with van der Waals surface area (Å²) in [5.74, 6) is 1.36. The number of hydrogen-bond donors (Lipinski definition) is 2. The molecule has 0 aromatic carbocycles. The Labute approximate surface area is 138 Å². The van der Waals surface area contributed by atoms with Crippen LogP contribution in [0.5, 0.6) is 0 Å². The Hall–Kier alpha value is -1.56. The third-order valence-electron chi connectivity index (χ3n) is 4.62. The van der Waals surface area contributed by atoms with Gasteiger partial charge in [0.15, 0.2) is 0 Å². The lowest BCUT2D eigenvalue weighted by Crippen LogP contribution is -2.39. The zero-order valence-electron chi connectivity index (χ0n) is 14.6. The normalized spacial score (nSPS) is 22.6. The first kappa shape index (κ1) is 17.8. The molecular formula is C17H29N3O3. The van der Waals surface area contributed by atoms with Crippen molar-refractivity contribution < 1.29 is 14.1 Å². The van der Waals surface area contributed by atoms with Crippen LogP contribution in [0.25, 0.3) is 0 Å². The van der Waals surface area contributed by atoms with Gasteiger partial charge in [-0.25, -0.2) is 4.79 Å². The number of rotatable bonds is 6. The van der Waals surface area contributed by atoms with Crippen molar-refractivity contribution in [1.29, 1.82) is 0 Å². The highest BCUT2D eigenvalue weighted by Gasteiger charge is 2.22. The number of hydrogen-bond acceptors (Lipinski definition) is 4. The maximum Gasteiger partial charge on any atom is 0.315 e. The minimum Gasteiger partial charge on any atom is -0.376 e. The molecule has 1 aliphatic carbocycles. The fourth-order valence-corrected chi connectivity index (χ4v) is 3.33. The minimum atomic E-state index is -0.196. The van der Waals surface area contributed by atoms with Crippen LogP contribution in [0.3, 0.4) is 0 Å². The second-order valence-electron chi connectivity index (χ2n) is 6.53. The van der Waals surface area contributed by atoms with Crippen LogP contribution in [0.15, 0.2) is 4.52 Å². The predicted octanol–water partition coefficient (Wildman–Crippen LogP) is 3.25. The van der Waals surface area contributed by atoms with Crippen LogP contribution in [0.1, 0.15) is 62.6 Å². The van der Waals surface area contributed by atoms with E-state index in [4.69, 9.17) is 9.26 Å². The van der Waals surface area contributed by atoms with E-state index in [2.05, 4.69) is 22.7 Å². The molecule has 0 radical (unpaired) electrons. The van der Waals surface area contributed by atoms with Gasteiger partial charge in [-0.15, -0.1) is 0 Å². The Morgan fingerprint density at radius 3 is 2.78 bits per heavy atom. The monoisotopic (exact) mass is 323 g/mol. The second kappa shape index (κ2) is 8.34. The predicted molar refractivity (Wildman–Crippen MR) is 88.3 cm³/mol. The average Bonchev–Trinajstić information content (AvgIpc) is 2.84. The first-order chi connectivity index (χ1) is 11.0. The number of aryl methyl sites for hydroxylation is 2. The molecule has 23 heavy (non-hydrogen) atoms. The molecular weight excluding hydrogens is 294 g/mol. The Kier molecular flexibility index (Phi) is 6.45. The standard InChI is InChI=1S/C17H29N3O3/c1-11-7-5-6-8-15(11)22-10-9-18-17(21)19-12(2)16-13(3)20-23-14(16)4/h11-12,15H,5-10H2,1-4H3,(H2,18,19,21). The Morgan fingerprint density at radius 1 is 1.39 bits per heavy atom. The number of nitrogens with one attached hydrogen (secondary N) is 2. The number of aromatic nitrogens is 1. The second-order valence-corrected chi connectivity index (χ2v) is 6.53. The first-order valence-electron chi connectivity index (χ1n) is 8.57.